The van der Waals surface area contributed by atoms with Gasteiger partial charge in [0, 0.05) is 17.6 Å². The molecule has 9 nitrogen and oxygen atoms in total. The smallest absolute Gasteiger partial charge is 0.269 e. The van der Waals surface area contributed by atoms with Gasteiger partial charge in [0.1, 0.15) is 12.6 Å². The number of carbonyl (C=O) groups is 3. The Hall–Kier alpha value is -2.97. The zero-order valence-electron chi connectivity index (χ0n) is 13.5. The standard InChI is InChI=1S/C16H18N6O3/c17-15(24)11-5-8-1-2-10(8)22(11)13(23)7-21-12-6-19-4-3-9(12)14(20-21)16(18)25/h3-4,6,8,10-11H,1-2,5,7H2,(H2,17,24)(H2,18,25). The van der Waals surface area contributed by atoms with Crippen LogP contribution in [-0.2, 0) is 16.1 Å². The summed E-state index contributed by atoms with van der Waals surface area (Å²) in [6, 6.07) is 1.13. The number of rotatable bonds is 4. The highest BCUT2D eigenvalue weighted by atomic mass is 16.2. The van der Waals surface area contributed by atoms with E-state index in [1.807, 2.05) is 0 Å². The summed E-state index contributed by atoms with van der Waals surface area (Å²) in [6.45, 7) is -0.0948. The van der Waals surface area contributed by atoms with Crippen LogP contribution in [0.15, 0.2) is 18.5 Å². The van der Waals surface area contributed by atoms with Crippen LogP contribution in [-0.4, -0.2) is 49.5 Å². The van der Waals surface area contributed by atoms with Crippen LogP contribution in [0, 0.1) is 5.92 Å². The molecule has 130 valence electrons. The zero-order valence-corrected chi connectivity index (χ0v) is 13.5. The summed E-state index contributed by atoms with van der Waals surface area (Å²) < 4.78 is 1.41. The maximum absolute atomic E-state index is 12.9. The Bertz CT molecular complexity index is 891. The van der Waals surface area contributed by atoms with Crippen LogP contribution in [0.4, 0.5) is 0 Å². The van der Waals surface area contributed by atoms with Gasteiger partial charge in [0.05, 0.1) is 11.7 Å². The van der Waals surface area contributed by atoms with Gasteiger partial charge >= 0.3 is 0 Å². The summed E-state index contributed by atoms with van der Waals surface area (Å²) in [6.07, 6.45) is 5.58. The van der Waals surface area contributed by atoms with E-state index in [0.717, 1.165) is 12.8 Å². The van der Waals surface area contributed by atoms with Crippen LogP contribution in [0.1, 0.15) is 29.8 Å². The van der Waals surface area contributed by atoms with E-state index in [9.17, 15) is 14.4 Å². The number of carbonyl (C=O) groups excluding carboxylic acids is 3. The first-order chi connectivity index (χ1) is 12.0. The maximum Gasteiger partial charge on any atom is 0.269 e. The molecule has 0 spiro atoms. The van der Waals surface area contributed by atoms with Gasteiger partial charge in [-0.15, -0.1) is 0 Å². The molecule has 4 rings (SSSR count). The lowest BCUT2D eigenvalue weighted by atomic mass is 9.80. The molecule has 3 atom stereocenters. The Morgan fingerprint density at radius 2 is 2.04 bits per heavy atom. The molecule has 0 aromatic carbocycles. The van der Waals surface area contributed by atoms with Gasteiger partial charge in [0.25, 0.3) is 5.91 Å². The number of hydrogen-bond donors (Lipinski definition) is 2. The van der Waals surface area contributed by atoms with Crippen molar-refractivity contribution in [1.29, 1.82) is 0 Å². The molecule has 3 heterocycles. The van der Waals surface area contributed by atoms with Crippen molar-refractivity contribution in [1.82, 2.24) is 19.7 Å². The zero-order chi connectivity index (χ0) is 17.7. The fourth-order valence-electron chi connectivity index (χ4n) is 3.97. The fourth-order valence-corrected chi connectivity index (χ4v) is 3.97. The monoisotopic (exact) mass is 342 g/mol. The third kappa shape index (κ3) is 2.34. The number of hydrogen-bond acceptors (Lipinski definition) is 5. The molecule has 9 heteroatoms. The third-order valence-corrected chi connectivity index (χ3v) is 5.29. The second-order valence-electron chi connectivity index (χ2n) is 6.62. The normalized spacial score (nSPS) is 24.8. The predicted octanol–water partition coefficient (Wildman–Crippen LogP) is -0.605. The summed E-state index contributed by atoms with van der Waals surface area (Å²) >= 11 is 0. The molecule has 2 fully saturated rings. The molecular weight excluding hydrogens is 324 g/mol. The molecule has 1 saturated carbocycles. The number of aromatic nitrogens is 3. The third-order valence-electron chi connectivity index (χ3n) is 5.29. The van der Waals surface area contributed by atoms with E-state index in [0.29, 0.717) is 23.2 Å². The van der Waals surface area contributed by atoms with Crippen LogP contribution >= 0.6 is 0 Å². The van der Waals surface area contributed by atoms with E-state index in [4.69, 9.17) is 11.5 Å². The lowest BCUT2D eigenvalue weighted by Gasteiger charge is -2.36. The molecule has 1 aliphatic heterocycles. The number of pyridine rings is 1. The van der Waals surface area contributed by atoms with Crippen molar-refractivity contribution in [3.8, 4) is 0 Å². The highest BCUT2D eigenvalue weighted by Gasteiger charge is 2.50. The van der Waals surface area contributed by atoms with Gasteiger partial charge < -0.3 is 16.4 Å². The molecule has 3 amide bonds. The van der Waals surface area contributed by atoms with E-state index in [2.05, 4.69) is 10.1 Å². The highest BCUT2D eigenvalue weighted by molar-refractivity contribution is 6.04. The number of fused-ring (bicyclic) bond motifs is 2. The fraction of sp³-hybridized carbons (Fsp3) is 0.438. The first-order valence-corrected chi connectivity index (χ1v) is 8.18. The van der Waals surface area contributed by atoms with Crippen LogP contribution in [0.25, 0.3) is 10.9 Å². The van der Waals surface area contributed by atoms with Gasteiger partial charge in [-0.1, -0.05) is 0 Å². The van der Waals surface area contributed by atoms with Crippen molar-refractivity contribution in [3.05, 3.63) is 24.2 Å². The lowest BCUT2D eigenvalue weighted by Crippen LogP contribution is -2.50. The van der Waals surface area contributed by atoms with E-state index in [1.165, 1.54) is 17.1 Å². The van der Waals surface area contributed by atoms with E-state index in [1.54, 1.807) is 11.0 Å². The van der Waals surface area contributed by atoms with Gasteiger partial charge in [-0.2, -0.15) is 5.10 Å². The Morgan fingerprint density at radius 3 is 2.68 bits per heavy atom. The summed E-state index contributed by atoms with van der Waals surface area (Å²) in [5.41, 5.74) is 11.5. The highest BCUT2D eigenvalue weighted by Crippen LogP contribution is 2.43. The van der Waals surface area contributed by atoms with Gasteiger partial charge in [0.15, 0.2) is 5.69 Å². The van der Waals surface area contributed by atoms with Crippen LogP contribution in [0.2, 0.25) is 0 Å². The van der Waals surface area contributed by atoms with E-state index < -0.39 is 17.9 Å². The quantitative estimate of drug-likeness (QED) is 0.764. The second-order valence-corrected chi connectivity index (χ2v) is 6.62. The lowest BCUT2D eigenvalue weighted by molar-refractivity contribution is -0.141. The number of nitrogens with zero attached hydrogens (tertiary/aromatic N) is 4. The Morgan fingerprint density at radius 1 is 1.24 bits per heavy atom. The summed E-state index contributed by atoms with van der Waals surface area (Å²) in [5, 5.41) is 4.72. The molecule has 2 aromatic rings. The molecule has 4 N–H and O–H groups in total. The number of primary amides is 2. The Kier molecular flexibility index (Phi) is 3.45. The summed E-state index contributed by atoms with van der Waals surface area (Å²) in [7, 11) is 0. The minimum absolute atomic E-state index is 0.0700. The van der Waals surface area contributed by atoms with Crippen LogP contribution < -0.4 is 11.5 Å². The molecule has 25 heavy (non-hydrogen) atoms. The van der Waals surface area contributed by atoms with Crippen molar-refractivity contribution < 1.29 is 14.4 Å². The Labute approximate surface area is 143 Å². The molecule has 0 bridgehead atoms. The van der Waals surface area contributed by atoms with Crippen LogP contribution in [0.3, 0.4) is 0 Å². The van der Waals surface area contributed by atoms with Gasteiger partial charge in [0.2, 0.25) is 11.8 Å². The minimum atomic E-state index is -0.669. The van der Waals surface area contributed by atoms with Crippen molar-refractivity contribution in [2.75, 3.05) is 0 Å². The molecule has 3 unspecified atom stereocenters. The van der Waals surface area contributed by atoms with Crippen molar-refractivity contribution in [2.24, 2.45) is 17.4 Å². The minimum Gasteiger partial charge on any atom is -0.368 e. The molecule has 2 aliphatic rings. The van der Waals surface area contributed by atoms with Crippen molar-refractivity contribution >= 4 is 28.6 Å². The molecule has 0 radical (unpaired) electrons. The summed E-state index contributed by atoms with van der Waals surface area (Å²) in [4.78, 5) is 41.8. The molecule has 1 saturated heterocycles. The average molecular weight is 342 g/mol. The maximum atomic E-state index is 12.9. The van der Waals surface area contributed by atoms with Gasteiger partial charge in [-0.3, -0.25) is 24.0 Å². The second kappa shape index (κ2) is 5.54. The average Bonchev–Trinajstić information content (AvgIpc) is 3.03. The number of amides is 3. The topological polar surface area (TPSA) is 137 Å². The number of nitrogens with two attached hydrogens (primary N) is 2. The first kappa shape index (κ1) is 15.6. The van der Waals surface area contributed by atoms with E-state index in [-0.39, 0.29) is 24.2 Å². The predicted molar refractivity (Wildman–Crippen MR) is 87.0 cm³/mol. The number of likely N-dealkylation sites (tertiary alicyclic amines) is 1. The van der Waals surface area contributed by atoms with E-state index >= 15 is 0 Å². The van der Waals surface area contributed by atoms with Crippen LogP contribution in [0.5, 0.6) is 0 Å². The Balaban J connectivity index is 1.66. The van der Waals surface area contributed by atoms with Gasteiger partial charge in [-0.25, -0.2) is 0 Å². The van der Waals surface area contributed by atoms with Crippen molar-refractivity contribution in [2.45, 2.75) is 37.9 Å². The van der Waals surface area contributed by atoms with Crippen molar-refractivity contribution in [3.63, 3.8) is 0 Å². The first-order valence-electron chi connectivity index (χ1n) is 8.18. The summed E-state index contributed by atoms with van der Waals surface area (Å²) in [5.74, 6) is -1.04. The molecule has 1 aliphatic carbocycles. The van der Waals surface area contributed by atoms with Gasteiger partial charge in [-0.05, 0) is 31.2 Å². The molecule has 2 aromatic heterocycles. The molecular formula is C16H18N6O3. The SMILES string of the molecule is NC(=O)c1nn(CC(=O)N2C(C(N)=O)CC3CCC32)c2cnccc12. The largest absolute Gasteiger partial charge is 0.368 e.